The quantitative estimate of drug-likeness (QED) is 0.850. The summed E-state index contributed by atoms with van der Waals surface area (Å²) in [4.78, 5) is 8.54. The van der Waals surface area contributed by atoms with Crippen molar-refractivity contribution in [2.45, 2.75) is 26.5 Å². The van der Waals surface area contributed by atoms with Crippen LogP contribution in [-0.4, -0.2) is 16.6 Å². The van der Waals surface area contributed by atoms with Crippen LogP contribution >= 0.6 is 11.3 Å². The van der Waals surface area contributed by atoms with Crippen molar-refractivity contribution in [3.05, 3.63) is 34.3 Å². The van der Waals surface area contributed by atoms with Gasteiger partial charge in [-0.05, 0) is 36.2 Å². The van der Waals surface area contributed by atoms with E-state index in [1.54, 1.807) is 17.4 Å². The Morgan fingerprint density at radius 2 is 2.32 bits per heavy atom. The topological polar surface area (TPSA) is 73.1 Å². The van der Waals surface area contributed by atoms with Gasteiger partial charge in [0, 0.05) is 12.7 Å². The molecular weight excluding hydrogens is 260 g/mol. The smallest absolute Gasteiger partial charge is 0.158 e. The molecular formula is C13H18N4OS. The average molecular weight is 278 g/mol. The number of nitrogens with zero attached hydrogens (tertiary/aromatic N) is 2. The van der Waals surface area contributed by atoms with Crippen molar-refractivity contribution in [2.75, 3.05) is 17.7 Å². The summed E-state index contributed by atoms with van der Waals surface area (Å²) >= 11 is 1.68. The number of rotatable bonds is 6. The number of aromatic nitrogens is 2. The Kier molecular flexibility index (Phi) is 4.70. The van der Waals surface area contributed by atoms with Crippen molar-refractivity contribution < 1.29 is 4.74 Å². The van der Waals surface area contributed by atoms with Crippen LogP contribution in [0.4, 0.5) is 11.6 Å². The number of ether oxygens (including phenoxy) is 1. The predicted octanol–water partition coefficient (Wildman–Crippen LogP) is 2.83. The molecule has 19 heavy (non-hydrogen) atoms. The standard InChI is InChI=1S/C13H18N4OS/c1-3-18-7-13-16-11(14)6-12(17-13)15-9(2)10-4-5-19-8-10/h4-6,8-9H,3,7H2,1-2H3,(H3,14,15,16,17). The van der Waals surface area contributed by atoms with Gasteiger partial charge in [0.05, 0.1) is 6.04 Å². The van der Waals surface area contributed by atoms with Gasteiger partial charge in [-0.2, -0.15) is 11.3 Å². The molecule has 1 atom stereocenters. The Balaban J connectivity index is 2.09. The summed E-state index contributed by atoms with van der Waals surface area (Å²) in [5, 5.41) is 7.49. The highest BCUT2D eigenvalue weighted by Crippen LogP contribution is 2.21. The molecule has 0 radical (unpaired) electrons. The molecule has 5 nitrogen and oxygen atoms in total. The molecule has 0 bridgehead atoms. The van der Waals surface area contributed by atoms with E-state index in [2.05, 4.69) is 39.0 Å². The van der Waals surface area contributed by atoms with Gasteiger partial charge in [0.25, 0.3) is 0 Å². The average Bonchev–Trinajstić information content (AvgIpc) is 2.89. The van der Waals surface area contributed by atoms with Crippen LogP contribution in [0.1, 0.15) is 31.3 Å². The van der Waals surface area contributed by atoms with Crippen molar-refractivity contribution >= 4 is 23.0 Å². The number of nitrogen functional groups attached to an aromatic ring is 1. The van der Waals surface area contributed by atoms with E-state index in [0.29, 0.717) is 24.9 Å². The first-order valence-corrected chi connectivity index (χ1v) is 7.13. The van der Waals surface area contributed by atoms with Crippen LogP contribution in [-0.2, 0) is 11.3 Å². The van der Waals surface area contributed by atoms with Crippen molar-refractivity contribution in [2.24, 2.45) is 0 Å². The molecule has 2 heterocycles. The minimum atomic E-state index is 0.181. The molecule has 0 aliphatic rings. The number of nitrogens with two attached hydrogens (primary N) is 1. The summed E-state index contributed by atoms with van der Waals surface area (Å²) in [6, 6.07) is 4.01. The Hall–Kier alpha value is -1.66. The molecule has 0 saturated heterocycles. The van der Waals surface area contributed by atoms with Gasteiger partial charge in [0.15, 0.2) is 5.82 Å². The normalized spacial score (nSPS) is 12.3. The van der Waals surface area contributed by atoms with Crippen molar-refractivity contribution in [3.63, 3.8) is 0 Å². The molecule has 0 saturated carbocycles. The number of thiophene rings is 1. The van der Waals surface area contributed by atoms with E-state index in [-0.39, 0.29) is 6.04 Å². The maximum Gasteiger partial charge on any atom is 0.158 e. The van der Waals surface area contributed by atoms with Gasteiger partial charge in [0.2, 0.25) is 0 Å². The van der Waals surface area contributed by atoms with E-state index in [1.165, 1.54) is 5.56 Å². The second-order valence-corrected chi connectivity index (χ2v) is 4.93. The summed E-state index contributed by atoms with van der Waals surface area (Å²) in [5.41, 5.74) is 7.01. The summed E-state index contributed by atoms with van der Waals surface area (Å²) in [6.45, 7) is 5.03. The summed E-state index contributed by atoms with van der Waals surface area (Å²) in [7, 11) is 0. The van der Waals surface area contributed by atoms with Crippen LogP contribution in [0.25, 0.3) is 0 Å². The highest BCUT2D eigenvalue weighted by molar-refractivity contribution is 7.07. The van der Waals surface area contributed by atoms with E-state index in [1.807, 2.05) is 6.92 Å². The zero-order valence-electron chi connectivity index (χ0n) is 11.1. The fourth-order valence-corrected chi connectivity index (χ4v) is 2.43. The first-order chi connectivity index (χ1) is 9.19. The zero-order chi connectivity index (χ0) is 13.7. The summed E-state index contributed by atoms with van der Waals surface area (Å²) in [6.07, 6.45) is 0. The highest BCUT2D eigenvalue weighted by Gasteiger charge is 2.08. The molecule has 6 heteroatoms. The van der Waals surface area contributed by atoms with Gasteiger partial charge in [-0.15, -0.1) is 0 Å². The maximum atomic E-state index is 5.78. The predicted molar refractivity (Wildman–Crippen MR) is 78.1 cm³/mol. The van der Waals surface area contributed by atoms with E-state index in [0.717, 1.165) is 5.82 Å². The number of anilines is 2. The third-order valence-electron chi connectivity index (χ3n) is 2.64. The first kappa shape index (κ1) is 13.8. The molecule has 2 aromatic rings. The third kappa shape index (κ3) is 3.90. The van der Waals surface area contributed by atoms with Crippen LogP contribution in [0.5, 0.6) is 0 Å². The molecule has 102 valence electrons. The molecule has 1 unspecified atom stereocenters. The molecule has 2 aromatic heterocycles. The molecule has 2 rings (SSSR count). The second-order valence-electron chi connectivity index (χ2n) is 4.15. The van der Waals surface area contributed by atoms with Crippen LogP contribution in [0.3, 0.4) is 0 Å². The lowest BCUT2D eigenvalue weighted by Crippen LogP contribution is -2.10. The molecule has 3 N–H and O–H groups in total. The number of hydrogen-bond donors (Lipinski definition) is 2. The summed E-state index contributed by atoms with van der Waals surface area (Å²) in [5.74, 6) is 1.77. The monoisotopic (exact) mass is 278 g/mol. The van der Waals surface area contributed by atoms with E-state index < -0.39 is 0 Å². The van der Waals surface area contributed by atoms with Gasteiger partial charge < -0.3 is 15.8 Å². The van der Waals surface area contributed by atoms with Gasteiger partial charge >= 0.3 is 0 Å². The van der Waals surface area contributed by atoms with Gasteiger partial charge in [-0.1, -0.05) is 0 Å². The van der Waals surface area contributed by atoms with Crippen molar-refractivity contribution in [1.82, 2.24) is 9.97 Å². The van der Waals surface area contributed by atoms with Crippen molar-refractivity contribution in [1.29, 1.82) is 0 Å². The highest BCUT2D eigenvalue weighted by atomic mass is 32.1. The minimum absolute atomic E-state index is 0.181. The third-order valence-corrected chi connectivity index (χ3v) is 3.34. The minimum Gasteiger partial charge on any atom is -0.384 e. The van der Waals surface area contributed by atoms with Crippen LogP contribution in [0, 0.1) is 0 Å². The number of hydrogen-bond acceptors (Lipinski definition) is 6. The molecule has 0 aliphatic heterocycles. The summed E-state index contributed by atoms with van der Waals surface area (Å²) < 4.78 is 5.30. The zero-order valence-corrected chi connectivity index (χ0v) is 11.9. The molecule has 0 fully saturated rings. The van der Waals surface area contributed by atoms with Crippen LogP contribution in [0.15, 0.2) is 22.9 Å². The lowest BCUT2D eigenvalue weighted by atomic mass is 10.2. The van der Waals surface area contributed by atoms with Gasteiger partial charge in [-0.25, -0.2) is 9.97 Å². The second kappa shape index (κ2) is 6.49. The van der Waals surface area contributed by atoms with Crippen molar-refractivity contribution in [3.8, 4) is 0 Å². The SMILES string of the molecule is CCOCc1nc(N)cc(NC(C)c2ccsc2)n1. The fraction of sp³-hybridized carbons (Fsp3) is 0.385. The molecule has 0 aliphatic carbocycles. The first-order valence-electron chi connectivity index (χ1n) is 6.19. The van der Waals surface area contributed by atoms with Crippen LogP contribution in [0.2, 0.25) is 0 Å². The molecule has 0 aromatic carbocycles. The van der Waals surface area contributed by atoms with E-state index in [4.69, 9.17) is 10.5 Å². The van der Waals surface area contributed by atoms with E-state index >= 15 is 0 Å². The Morgan fingerprint density at radius 3 is 3.00 bits per heavy atom. The molecule has 0 amide bonds. The number of nitrogens with one attached hydrogen (secondary N) is 1. The maximum absolute atomic E-state index is 5.78. The molecule has 0 spiro atoms. The van der Waals surface area contributed by atoms with Gasteiger partial charge in [-0.3, -0.25) is 0 Å². The van der Waals surface area contributed by atoms with E-state index in [9.17, 15) is 0 Å². The Labute approximate surface area is 116 Å². The Morgan fingerprint density at radius 1 is 1.47 bits per heavy atom. The Bertz CT molecular complexity index is 515. The van der Waals surface area contributed by atoms with Gasteiger partial charge in [0.1, 0.15) is 18.2 Å². The largest absolute Gasteiger partial charge is 0.384 e. The fourth-order valence-electron chi connectivity index (χ4n) is 1.68. The van der Waals surface area contributed by atoms with Crippen LogP contribution < -0.4 is 11.1 Å². The lowest BCUT2D eigenvalue weighted by molar-refractivity contribution is 0.128. The lowest BCUT2D eigenvalue weighted by Gasteiger charge is -2.14.